The maximum atomic E-state index is 12.0. The van der Waals surface area contributed by atoms with E-state index in [1.807, 2.05) is 20.8 Å². The van der Waals surface area contributed by atoms with Gasteiger partial charge in [0, 0.05) is 37.4 Å². The van der Waals surface area contributed by atoms with Crippen molar-refractivity contribution in [2.24, 2.45) is 0 Å². The molecule has 0 aromatic carbocycles. The molecule has 0 unspecified atom stereocenters. The third-order valence-corrected chi connectivity index (χ3v) is 4.41. The molecule has 0 saturated carbocycles. The molecule has 2 aromatic rings. The summed E-state index contributed by atoms with van der Waals surface area (Å²) >= 11 is 0. The standard InChI is InChI=1S/C19H25N3O4/c1-12(2)21-19(23)15-4-5-17(20-10-15)25-11-16-13(3)26-22-18(16)14-6-8-24-9-7-14/h4-5,10,12,14H,6-9,11H2,1-3H3,(H,21,23). The fraction of sp³-hybridized carbons (Fsp3) is 0.526. The highest BCUT2D eigenvalue weighted by Gasteiger charge is 2.24. The number of amides is 1. The molecule has 1 aliphatic rings. The molecule has 3 rings (SSSR count). The van der Waals surface area contributed by atoms with E-state index in [1.165, 1.54) is 6.20 Å². The van der Waals surface area contributed by atoms with Gasteiger partial charge in [0.1, 0.15) is 12.4 Å². The van der Waals surface area contributed by atoms with E-state index in [2.05, 4.69) is 15.5 Å². The topological polar surface area (TPSA) is 86.5 Å². The smallest absolute Gasteiger partial charge is 0.253 e. The Morgan fingerprint density at radius 2 is 2.12 bits per heavy atom. The second-order valence-electron chi connectivity index (χ2n) is 6.79. The minimum Gasteiger partial charge on any atom is -0.473 e. The van der Waals surface area contributed by atoms with Crippen molar-refractivity contribution < 1.29 is 18.8 Å². The van der Waals surface area contributed by atoms with Crippen molar-refractivity contribution in [1.29, 1.82) is 0 Å². The molecule has 26 heavy (non-hydrogen) atoms. The zero-order chi connectivity index (χ0) is 18.5. The molecule has 3 heterocycles. The maximum Gasteiger partial charge on any atom is 0.253 e. The van der Waals surface area contributed by atoms with Gasteiger partial charge >= 0.3 is 0 Å². The first-order valence-corrected chi connectivity index (χ1v) is 8.97. The highest BCUT2D eigenvalue weighted by Crippen LogP contribution is 2.30. The molecule has 1 amide bonds. The number of rotatable bonds is 6. The van der Waals surface area contributed by atoms with Crippen LogP contribution in [0.25, 0.3) is 0 Å². The number of carbonyl (C=O) groups is 1. The molecule has 140 valence electrons. The Bertz CT molecular complexity index is 734. The highest BCUT2D eigenvalue weighted by atomic mass is 16.5. The number of hydrogen-bond acceptors (Lipinski definition) is 6. The van der Waals surface area contributed by atoms with Crippen molar-refractivity contribution in [3.05, 3.63) is 40.9 Å². The van der Waals surface area contributed by atoms with Gasteiger partial charge in [0.15, 0.2) is 0 Å². The van der Waals surface area contributed by atoms with Gasteiger partial charge in [0.2, 0.25) is 5.88 Å². The van der Waals surface area contributed by atoms with E-state index < -0.39 is 0 Å². The Labute approximate surface area is 153 Å². The fourth-order valence-electron chi connectivity index (χ4n) is 2.97. The van der Waals surface area contributed by atoms with E-state index in [-0.39, 0.29) is 11.9 Å². The number of aromatic nitrogens is 2. The van der Waals surface area contributed by atoms with Crippen molar-refractivity contribution in [3.8, 4) is 5.88 Å². The summed E-state index contributed by atoms with van der Waals surface area (Å²) in [5.41, 5.74) is 2.44. The number of nitrogens with zero attached hydrogens (tertiary/aromatic N) is 2. The second-order valence-corrected chi connectivity index (χ2v) is 6.79. The van der Waals surface area contributed by atoms with Gasteiger partial charge in [-0.25, -0.2) is 4.98 Å². The largest absolute Gasteiger partial charge is 0.473 e. The van der Waals surface area contributed by atoms with Crippen LogP contribution in [0.2, 0.25) is 0 Å². The third-order valence-electron chi connectivity index (χ3n) is 4.41. The average molecular weight is 359 g/mol. The molecular formula is C19H25N3O4. The van der Waals surface area contributed by atoms with E-state index in [0.717, 1.165) is 43.1 Å². The summed E-state index contributed by atoms with van der Waals surface area (Å²) in [6.07, 6.45) is 3.40. The highest BCUT2D eigenvalue weighted by molar-refractivity contribution is 5.94. The minimum atomic E-state index is -0.143. The zero-order valence-corrected chi connectivity index (χ0v) is 15.4. The zero-order valence-electron chi connectivity index (χ0n) is 15.4. The van der Waals surface area contributed by atoms with Crippen molar-refractivity contribution in [3.63, 3.8) is 0 Å². The predicted molar refractivity (Wildman–Crippen MR) is 95.2 cm³/mol. The van der Waals surface area contributed by atoms with Crippen LogP contribution in [-0.4, -0.2) is 35.3 Å². The molecule has 7 heteroatoms. The monoisotopic (exact) mass is 359 g/mol. The van der Waals surface area contributed by atoms with Crippen LogP contribution in [0.15, 0.2) is 22.9 Å². The Kier molecular flexibility index (Phi) is 5.88. The maximum absolute atomic E-state index is 12.0. The average Bonchev–Trinajstić information content (AvgIpc) is 3.01. The van der Waals surface area contributed by atoms with Gasteiger partial charge in [-0.3, -0.25) is 4.79 Å². The summed E-state index contributed by atoms with van der Waals surface area (Å²) in [5.74, 6) is 1.43. The number of ether oxygens (including phenoxy) is 2. The minimum absolute atomic E-state index is 0.0820. The molecule has 1 saturated heterocycles. The molecular weight excluding hydrogens is 334 g/mol. The lowest BCUT2D eigenvalue weighted by atomic mass is 9.93. The first-order chi connectivity index (χ1) is 12.5. The van der Waals surface area contributed by atoms with Crippen LogP contribution in [0.5, 0.6) is 5.88 Å². The fourth-order valence-corrected chi connectivity index (χ4v) is 2.97. The van der Waals surface area contributed by atoms with Crippen LogP contribution in [0, 0.1) is 6.92 Å². The van der Waals surface area contributed by atoms with Crippen LogP contribution in [0.1, 0.15) is 60.0 Å². The molecule has 0 spiro atoms. The lowest BCUT2D eigenvalue weighted by Gasteiger charge is -2.20. The van der Waals surface area contributed by atoms with Gasteiger partial charge < -0.3 is 19.3 Å². The van der Waals surface area contributed by atoms with Crippen LogP contribution in [0.3, 0.4) is 0 Å². The van der Waals surface area contributed by atoms with Gasteiger partial charge in [-0.2, -0.15) is 0 Å². The van der Waals surface area contributed by atoms with E-state index >= 15 is 0 Å². The van der Waals surface area contributed by atoms with Crippen molar-refractivity contribution >= 4 is 5.91 Å². The molecule has 1 aliphatic heterocycles. The predicted octanol–water partition coefficient (Wildman–Crippen LogP) is 2.99. The van der Waals surface area contributed by atoms with Crippen LogP contribution in [0.4, 0.5) is 0 Å². The van der Waals surface area contributed by atoms with E-state index in [0.29, 0.717) is 24.0 Å². The van der Waals surface area contributed by atoms with E-state index in [1.54, 1.807) is 12.1 Å². The Morgan fingerprint density at radius 3 is 2.77 bits per heavy atom. The second kappa shape index (κ2) is 8.31. The molecule has 7 nitrogen and oxygen atoms in total. The summed E-state index contributed by atoms with van der Waals surface area (Å²) in [6.45, 7) is 7.56. The normalized spacial score (nSPS) is 15.2. The molecule has 0 atom stereocenters. The van der Waals surface area contributed by atoms with E-state index in [9.17, 15) is 4.79 Å². The van der Waals surface area contributed by atoms with Gasteiger partial charge in [-0.05, 0) is 39.7 Å². The van der Waals surface area contributed by atoms with E-state index in [4.69, 9.17) is 14.0 Å². The van der Waals surface area contributed by atoms with Crippen LogP contribution < -0.4 is 10.1 Å². The number of pyridine rings is 1. The third kappa shape index (κ3) is 4.40. The summed E-state index contributed by atoms with van der Waals surface area (Å²) in [4.78, 5) is 16.2. The van der Waals surface area contributed by atoms with Crippen molar-refractivity contribution in [2.45, 2.75) is 52.2 Å². The quantitative estimate of drug-likeness (QED) is 0.853. The number of aryl methyl sites for hydroxylation is 1. The Hall–Kier alpha value is -2.41. The summed E-state index contributed by atoms with van der Waals surface area (Å²) in [5, 5.41) is 7.07. The van der Waals surface area contributed by atoms with Gasteiger partial charge in [0.05, 0.1) is 16.8 Å². The molecule has 0 bridgehead atoms. The lowest BCUT2D eigenvalue weighted by Crippen LogP contribution is -2.30. The Morgan fingerprint density at radius 1 is 1.35 bits per heavy atom. The molecule has 0 aliphatic carbocycles. The van der Waals surface area contributed by atoms with Gasteiger partial charge in [0.25, 0.3) is 5.91 Å². The Balaban J connectivity index is 1.64. The van der Waals surface area contributed by atoms with Gasteiger partial charge in [-0.15, -0.1) is 0 Å². The first kappa shape index (κ1) is 18.4. The summed E-state index contributed by atoms with van der Waals surface area (Å²) in [6, 6.07) is 3.49. The summed E-state index contributed by atoms with van der Waals surface area (Å²) in [7, 11) is 0. The van der Waals surface area contributed by atoms with Crippen LogP contribution >= 0.6 is 0 Å². The molecule has 1 fully saturated rings. The summed E-state index contributed by atoms with van der Waals surface area (Å²) < 4.78 is 16.6. The van der Waals surface area contributed by atoms with Crippen LogP contribution in [-0.2, 0) is 11.3 Å². The molecule has 2 aromatic heterocycles. The SMILES string of the molecule is Cc1onc(C2CCOCC2)c1COc1ccc(C(=O)NC(C)C)cn1. The number of nitrogens with one attached hydrogen (secondary N) is 1. The number of carbonyl (C=O) groups excluding carboxylic acids is 1. The van der Waals surface area contributed by atoms with Crippen molar-refractivity contribution in [2.75, 3.05) is 13.2 Å². The van der Waals surface area contributed by atoms with Gasteiger partial charge in [-0.1, -0.05) is 5.16 Å². The molecule has 0 radical (unpaired) electrons. The first-order valence-electron chi connectivity index (χ1n) is 8.97. The van der Waals surface area contributed by atoms with Crippen molar-refractivity contribution in [1.82, 2.24) is 15.5 Å². The molecule has 1 N–H and O–H groups in total. The number of hydrogen-bond donors (Lipinski definition) is 1. The lowest BCUT2D eigenvalue weighted by molar-refractivity contribution is 0.0834.